The lowest BCUT2D eigenvalue weighted by Crippen LogP contribution is -2.40. The maximum atomic E-state index is 11.7. The third-order valence-electron chi connectivity index (χ3n) is 3.25. The summed E-state index contributed by atoms with van der Waals surface area (Å²) in [6, 6.07) is -0.566. The predicted molar refractivity (Wildman–Crippen MR) is 70.0 cm³/mol. The van der Waals surface area contributed by atoms with Crippen LogP contribution in [0.15, 0.2) is 12.7 Å². The lowest BCUT2D eigenvalue weighted by molar-refractivity contribution is -0.147. The number of hydrogen-bond acceptors (Lipinski definition) is 3. The Bertz CT molecular complexity index is 295. The summed E-state index contributed by atoms with van der Waals surface area (Å²) in [7, 11) is 0. The molecule has 0 saturated heterocycles. The summed E-state index contributed by atoms with van der Waals surface area (Å²) < 4.78 is 4.99. The van der Waals surface area contributed by atoms with Crippen molar-refractivity contribution in [3.8, 4) is 0 Å². The third-order valence-corrected chi connectivity index (χ3v) is 3.25. The molecule has 0 radical (unpaired) electrons. The second-order valence-electron chi connectivity index (χ2n) is 4.89. The van der Waals surface area contributed by atoms with Crippen LogP contribution in [0.25, 0.3) is 0 Å². The van der Waals surface area contributed by atoms with Crippen LogP contribution in [0, 0.1) is 5.92 Å². The first-order chi connectivity index (χ1) is 8.63. The van der Waals surface area contributed by atoms with Crippen molar-refractivity contribution >= 4 is 11.9 Å². The van der Waals surface area contributed by atoms with Crippen LogP contribution >= 0.6 is 0 Å². The van der Waals surface area contributed by atoms with Crippen LogP contribution < -0.4 is 5.32 Å². The standard InChI is InChI=1S/C14H23NO3/c1-3-4-9-18-14(17)11(2)15-13(16)10-12-7-5-6-8-12/h3,11-12H,1,4-10H2,2H3,(H,15,16)/t11-/m1/s1. The fourth-order valence-corrected chi connectivity index (χ4v) is 2.20. The number of carbonyl (C=O) groups excluding carboxylic acids is 2. The summed E-state index contributed by atoms with van der Waals surface area (Å²) >= 11 is 0. The van der Waals surface area contributed by atoms with Crippen molar-refractivity contribution in [3.63, 3.8) is 0 Å². The Balaban J connectivity index is 2.20. The molecule has 0 bridgehead atoms. The summed E-state index contributed by atoms with van der Waals surface area (Å²) in [4.78, 5) is 23.2. The molecule has 0 unspecified atom stereocenters. The van der Waals surface area contributed by atoms with Crippen LogP contribution in [0.1, 0.15) is 45.4 Å². The molecule has 0 aliphatic heterocycles. The van der Waals surface area contributed by atoms with Crippen LogP contribution in [0.3, 0.4) is 0 Å². The highest BCUT2D eigenvalue weighted by Gasteiger charge is 2.21. The highest BCUT2D eigenvalue weighted by atomic mass is 16.5. The first-order valence-corrected chi connectivity index (χ1v) is 6.70. The largest absolute Gasteiger partial charge is 0.464 e. The highest BCUT2D eigenvalue weighted by molar-refractivity contribution is 5.84. The van der Waals surface area contributed by atoms with Crippen molar-refractivity contribution in [1.82, 2.24) is 5.32 Å². The summed E-state index contributed by atoms with van der Waals surface area (Å²) in [6.45, 7) is 5.53. The summed E-state index contributed by atoms with van der Waals surface area (Å²) in [5.41, 5.74) is 0. The normalized spacial score (nSPS) is 17.2. The second kappa shape index (κ2) is 7.90. The molecular weight excluding hydrogens is 230 g/mol. The van der Waals surface area contributed by atoms with E-state index in [1.54, 1.807) is 13.0 Å². The van der Waals surface area contributed by atoms with Crippen molar-refractivity contribution in [1.29, 1.82) is 0 Å². The van der Waals surface area contributed by atoms with Gasteiger partial charge in [0, 0.05) is 6.42 Å². The number of amides is 1. The molecule has 1 atom stereocenters. The molecule has 1 rings (SSSR count). The van der Waals surface area contributed by atoms with Gasteiger partial charge in [-0.25, -0.2) is 4.79 Å². The molecule has 18 heavy (non-hydrogen) atoms. The lowest BCUT2D eigenvalue weighted by atomic mass is 10.0. The van der Waals surface area contributed by atoms with E-state index >= 15 is 0 Å². The Hall–Kier alpha value is -1.32. The van der Waals surface area contributed by atoms with Gasteiger partial charge in [0.05, 0.1) is 6.61 Å². The van der Waals surface area contributed by atoms with E-state index in [1.807, 2.05) is 0 Å². The van der Waals surface area contributed by atoms with Crippen LogP contribution in [0.5, 0.6) is 0 Å². The smallest absolute Gasteiger partial charge is 0.328 e. The number of esters is 1. The van der Waals surface area contributed by atoms with E-state index in [4.69, 9.17) is 4.74 Å². The van der Waals surface area contributed by atoms with E-state index in [0.717, 1.165) is 12.8 Å². The van der Waals surface area contributed by atoms with Gasteiger partial charge in [-0.05, 0) is 32.1 Å². The van der Waals surface area contributed by atoms with E-state index in [2.05, 4.69) is 11.9 Å². The zero-order chi connectivity index (χ0) is 13.4. The van der Waals surface area contributed by atoms with Gasteiger partial charge < -0.3 is 10.1 Å². The molecule has 1 aliphatic carbocycles. The van der Waals surface area contributed by atoms with E-state index in [9.17, 15) is 9.59 Å². The Morgan fingerprint density at radius 3 is 2.72 bits per heavy atom. The van der Waals surface area contributed by atoms with Gasteiger partial charge in [-0.3, -0.25) is 4.79 Å². The van der Waals surface area contributed by atoms with Crippen molar-refractivity contribution < 1.29 is 14.3 Å². The topological polar surface area (TPSA) is 55.4 Å². The molecule has 0 spiro atoms. The molecule has 0 aromatic rings. The first-order valence-electron chi connectivity index (χ1n) is 6.70. The van der Waals surface area contributed by atoms with Gasteiger partial charge in [-0.15, -0.1) is 6.58 Å². The van der Waals surface area contributed by atoms with Crippen molar-refractivity contribution in [2.75, 3.05) is 6.61 Å². The van der Waals surface area contributed by atoms with Crippen LogP contribution in [0.4, 0.5) is 0 Å². The minimum atomic E-state index is -0.566. The molecule has 0 aromatic carbocycles. The monoisotopic (exact) mass is 253 g/mol. The fourth-order valence-electron chi connectivity index (χ4n) is 2.20. The molecule has 0 heterocycles. The van der Waals surface area contributed by atoms with Gasteiger partial charge in [0.25, 0.3) is 0 Å². The third kappa shape index (κ3) is 5.34. The van der Waals surface area contributed by atoms with E-state index in [-0.39, 0.29) is 11.9 Å². The van der Waals surface area contributed by atoms with E-state index in [0.29, 0.717) is 25.4 Å². The van der Waals surface area contributed by atoms with Crippen LogP contribution in [0.2, 0.25) is 0 Å². The zero-order valence-electron chi connectivity index (χ0n) is 11.1. The number of hydrogen-bond donors (Lipinski definition) is 1. The lowest BCUT2D eigenvalue weighted by Gasteiger charge is -2.14. The van der Waals surface area contributed by atoms with Gasteiger partial charge in [-0.2, -0.15) is 0 Å². The van der Waals surface area contributed by atoms with Gasteiger partial charge in [0.2, 0.25) is 5.91 Å². The van der Waals surface area contributed by atoms with Crippen molar-refractivity contribution in [2.24, 2.45) is 5.92 Å². The number of carbonyl (C=O) groups is 2. The highest BCUT2D eigenvalue weighted by Crippen LogP contribution is 2.27. The van der Waals surface area contributed by atoms with Crippen molar-refractivity contribution in [3.05, 3.63) is 12.7 Å². The quantitative estimate of drug-likeness (QED) is 0.430. The maximum absolute atomic E-state index is 11.7. The minimum absolute atomic E-state index is 0.0462. The maximum Gasteiger partial charge on any atom is 0.328 e. The summed E-state index contributed by atoms with van der Waals surface area (Å²) in [6.07, 6.45) is 7.56. The SMILES string of the molecule is C=CCCOC(=O)[C@@H](C)NC(=O)CC1CCCC1. The predicted octanol–water partition coefficient (Wildman–Crippen LogP) is 2.19. The van der Waals surface area contributed by atoms with E-state index < -0.39 is 6.04 Å². The molecule has 4 heteroatoms. The summed E-state index contributed by atoms with van der Waals surface area (Å²) in [5.74, 6) is 0.0701. The molecule has 1 saturated carbocycles. The van der Waals surface area contributed by atoms with Gasteiger partial charge in [0.15, 0.2) is 0 Å². The zero-order valence-corrected chi connectivity index (χ0v) is 11.1. The fraction of sp³-hybridized carbons (Fsp3) is 0.714. The molecule has 102 valence electrons. The van der Waals surface area contributed by atoms with Gasteiger partial charge in [-0.1, -0.05) is 18.9 Å². The molecular formula is C14H23NO3. The average molecular weight is 253 g/mol. The number of ether oxygens (including phenoxy) is 1. The molecule has 1 N–H and O–H groups in total. The van der Waals surface area contributed by atoms with Gasteiger partial charge >= 0.3 is 5.97 Å². The molecule has 4 nitrogen and oxygen atoms in total. The number of nitrogens with one attached hydrogen (secondary N) is 1. The Kier molecular flexibility index (Phi) is 6.47. The second-order valence-corrected chi connectivity index (χ2v) is 4.89. The Morgan fingerprint density at radius 1 is 1.44 bits per heavy atom. The molecule has 1 aliphatic rings. The molecule has 1 fully saturated rings. The first kappa shape index (κ1) is 14.7. The molecule has 0 aromatic heterocycles. The number of rotatable bonds is 7. The van der Waals surface area contributed by atoms with Crippen LogP contribution in [-0.4, -0.2) is 24.5 Å². The Morgan fingerprint density at radius 2 is 2.11 bits per heavy atom. The Labute approximate surface area is 109 Å². The molecule has 1 amide bonds. The average Bonchev–Trinajstić information content (AvgIpc) is 2.81. The summed E-state index contributed by atoms with van der Waals surface area (Å²) in [5, 5.41) is 2.69. The minimum Gasteiger partial charge on any atom is -0.464 e. The van der Waals surface area contributed by atoms with E-state index in [1.165, 1.54) is 12.8 Å². The van der Waals surface area contributed by atoms with Crippen molar-refractivity contribution in [2.45, 2.75) is 51.5 Å². The van der Waals surface area contributed by atoms with Gasteiger partial charge in [0.1, 0.15) is 6.04 Å². The van der Waals surface area contributed by atoms with Crippen LogP contribution in [-0.2, 0) is 14.3 Å².